The minimum absolute atomic E-state index is 0.00141. The van der Waals surface area contributed by atoms with Crippen LogP contribution in [0.3, 0.4) is 0 Å². The second-order valence-electron chi connectivity index (χ2n) is 4.04. The molecule has 0 saturated carbocycles. The fourth-order valence-electron chi connectivity index (χ4n) is 1.64. The highest BCUT2D eigenvalue weighted by Gasteiger charge is 2.11. The van der Waals surface area contributed by atoms with Crippen LogP contribution in [0.25, 0.3) is 0 Å². The lowest BCUT2D eigenvalue weighted by atomic mass is 10.2. The third-order valence-electron chi connectivity index (χ3n) is 2.53. The van der Waals surface area contributed by atoms with Crippen molar-refractivity contribution in [1.82, 2.24) is 0 Å². The number of nitro benzene ring substituents is 1. The van der Waals surface area contributed by atoms with E-state index in [-0.39, 0.29) is 23.7 Å². The van der Waals surface area contributed by atoms with Crippen molar-refractivity contribution in [3.8, 4) is 5.75 Å². The van der Waals surface area contributed by atoms with E-state index in [4.69, 9.17) is 10.5 Å². The molecule has 104 valence electrons. The molecule has 0 aliphatic carbocycles. The first-order chi connectivity index (χ1) is 9.45. The molecule has 0 unspecified atom stereocenters. The maximum atomic E-state index is 12.9. The number of nitrogen functional groups attached to an aromatic ring is 1. The molecule has 0 spiro atoms. The molecule has 0 amide bonds. The lowest BCUT2D eigenvalue weighted by Gasteiger charge is -2.07. The van der Waals surface area contributed by atoms with Crippen LogP contribution in [0, 0.1) is 21.7 Å². The Bertz CT molecular complexity index is 642. The van der Waals surface area contributed by atoms with Crippen molar-refractivity contribution in [2.75, 3.05) is 5.73 Å². The first-order valence-corrected chi connectivity index (χ1v) is 5.57. The van der Waals surface area contributed by atoms with Crippen LogP contribution in [0.15, 0.2) is 36.4 Å². The zero-order valence-electron chi connectivity index (χ0n) is 10.2. The Morgan fingerprint density at radius 1 is 1.15 bits per heavy atom. The van der Waals surface area contributed by atoms with Crippen LogP contribution in [0.2, 0.25) is 0 Å². The zero-order chi connectivity index (χ0) is 14.7. The number of ether oxygens (including phenoxy) is 1. The molecule has 7 heteroatoms. The van der Waals surface area contributed by atoms with E-state index in [0.717, 1.165) is 18.2 Å². The molecule has 2 rings (SSSR count). The van der Waals surface area contributed by atoms with E-state index in [9.17, 15) is 18.9 Å². The molecule has 0 aliphatic rings. The molecule has 0 atom stereocenters. The third kappa shape index (κ3) is 3.19. The van der Waals surface area contributed by atoms with Crippen LogP contribution < -0.4 is 10.5 Å². The first kappa shape index (κ1) is 13.7. The summed E-state index contributed by atoms with van der Waals surface area (Å²) in [5.41, 5.74) is 5.87. The van der Waals surface area contributed by atoms with Gasteiger partial charge in [0, 0.05) is 24.3 Å². The second kappa shape index (κ2) is 5.52. The molecule has 0 aromatic heterocycles. The van der Waals surface area contributed by atoms with Gasteiger partial charge in [-0.15, -0.1) is 0 Å². The second-order valence-corrected chi connectivity index (χ2v) is 4.04. The molecule has 0 fully saturated rings. The number of nitrogens with two attached hydrogens (primary N) is 1. The van der Waals surface area contributed by atoms with E-state index in [1.807, 2.05) is 0 Å². The van der Waals surface area contributed by atoms with Crippen molar-refractivity contribution in [2.45, 2.75) is 6.61 Å². The Morgan fingerprint density at radius 2 is 1.80 bits per heavy atom. The molecule has 2 aromatic carbocycles. The van der Waals surface area contributed by atoms with Gasteiger partial charge in [0.15, 0.2) is 0 Å². The smallest absolute Gasteiger partial charge is 0.292 e. The van der Waals surface area contributed by atoms with Crippen LogP contribution in [-0.2, 0) is 6.61 Å². The highest BCUT2D eigenvalue weighted by atomic mass is 19.1. The molecule has 5 nitrogen and oxygen atoms in total. The SMILES string of the molecule is Nc1cc(COc2cc(F)cc(F)c2)ccc1[N+](=O)[O-]. The van der Waals surface area contributed by atoms with Crippen LogP contribution in [0.4, 0.5) is 20.2 Å². The van der Waals surface area contributed by atoms with Crippen LogP contribution in [-0.4, -0.2) is 4.92 Å². The lowest BCUT2D eigenvalue weighted by molar-refractivity contribution is -0.383. The molecule has 0 heterocycles. The Labute approximate surface area is 112 Å². The van der Waals surface area contributed by atoms with Gasteiger partial charge in [-0.2, -0.15) is 0 Å². The Hall–Kier alpha value is -2.70. The van der Waals surface area contributed by atoms with E-state index in [1.54, 1.807) is 0 Å². The van der Waals surface area contributed by atoms with Gasteiger partial charge in [-0.1, -0.05) is 0 Å². The standard InChI is InChI=1S/C13H10F2N2O3/c14-9-4-10(15)6-11(5-9)20-7-8-1-2-13(17(18)19)12(16)3-8/h1-6H,7,16H2. The summed E-state index contributed by atoms with van der Waals surface area (Å²) in [5.74, 6) is -1.47. The third-order valence-corrected chi connectivity index (χ3v) is 2.53. The zero-order valence-corrected chi connectivity index (χ0v) is 10.2. The number of hydrogen-bond acceptors (Lipinski definition) is 4. The summed E-state index contributed by atoms with van der Waals surface area (Å²) < 4.78 is 31.1. The number of halogens is 2. The predicted octanol–water partition coefficient (Wildman–Crippen LogP) is 3.03. The van der Waals surface area contributed by atoms with E-state index < -0.39 is 16.6 Å². The van der Waals surface area contributed by atoms with Crippen LogP contribution >= 0.6 is 0 Å². The molecule has 0 bridgehead atoms. The van der Waals surface area contributed by atoms with Gasteiger partial charge in [0.1, 0.15) is 29.7 Å². The number of nitro groups is 1. The van der Waals surface area contributed by atoms with E-state index >= 15 is 0 Å². The first-order valence-electron chi connectivity index (χ1n) is 5.57. The normalized spacial score (nSPS) is 10.3. The summed E-state index contributed by atoms with van der Waals surface area (Å²) in [6.07, 6.45) is 0. The Kier molecular flexibility index (Phi) is 3.79. The number of hydrogen-bond donors (Lipinski definition) is 1. The summed E-state index contributed by atoms with van der Waals surface area (Å²) in [4.78, 5) is 10.0. The van der Waals surface area contributed by atoms with Gasteiger partial charge in [0.25, 0.3) is 5.69 Å². The topological polar surface area (TPSA) is 78.4 Å². The average Bonchev–Trinajstić information content (AvgIpc) is 2.35. The lowest BCUT2D eigenvalue weighted by Crippen LogP contribution is -2.00. The summed E-state index contributed by atoms with van der Waals surface area (Å²) in [7, 11) is 0. The largest absolute Gasteiger partial charge is 0.489 e. The number of benzene rings is 2. The fourth-order valence-corrected chi connectivity index (χ4v) is 1.64. The number of nitrogens with zero attached hydrogens (tertiary/aromatic N) is 1. The highest BCUT2D eigenvalue weighted by molar-refractivity contribution is 5.59. The number of anilines is 1. The quantitative estimate of drug-likeness (QED) is 0.530. The average molecular weight is 280 g/mol. The van der Waals surface area contributed by atoms with Gasteiger partial charge >= 0.3 is 0 Å². The van der Waals surface area contributed by atoms with E-state index in [2.05, 4.69) is 0 Å². The van der Waals surface area contributed by atoms with Gasteiger partial charge in [-0.3, -0.25) is 10.1 Å². The molecule has 0 saturated heterocycles. The molecular formula is C13H10F2N2O3. The minimum atomic E-state index is -0.747. The molecular weight excluding hydrogens is 270 g/mol. The molecule has 2 aromatic rings. The van der Waals surface area contributed by atoms with Crippen LogP contribution in [0.5, 0.6) is 5.75 Å². The highest BCUT2D eigenvalue weighted by Crippen LogP contribution is 2.23. The fraction of sp³-hybridized carbons (Fsp3) is 0.0769. The van der Waals surface area contributed by atoms with Crippen molar-refractivity contribution in [1.29, 1.82) is 0 Å². The van der Waals surface area contributed by atoms with Crippen molar-refractivity contribution in [3.05, 3.63) is 63.7 Å². The maximum absolute atomic E-state index is 12.9. The predicted molar refractivity (Wildman–Crippen MR) is 68.2 cm³/mol. The molecule has 20 heavy (non-hydrogen) atoms. The summed E-state index contributed by atoms with van der Waals surface area (Å²) in [6.45, 7) is -0.00884. The molecule has 0 aliphatic heterocycles. The molecule has 0 radical (unpaired) electrons. The summed E-state index contributed by atoms with van der Waals surface area (Å²) >= 11 is 0. The Balaban J connectivity index is 2.11. The summed E-state index contributed by atoms with van der Waals surface area (Å²) in [5, 5.41) is 10.6. The van der Waals surface area contributed by atoms with Crippen molar-refractivity contribution in [3.63, 3.8) is 0 Å². The van der Waals surface area contributed by atoms with Gasteiger partial charge in [-0.25, -0.2) is 8.78 Å². The monoisotopic (exact) mass is 280 g/mol. The van der Waals surface area contributed by atoms with E-state index in [0.29, 0.717) is 5.56 Å². The van der Waals surface area contributed by atoms with E-state index in [1.165, 1.54) is 18.2 Å². The van der Waals surface area contributed by atoms with Crippen molar-refractivity contribution >= 4 is 11.4 Å². The maximum Gasteiger partial charge on any atom is 0.292 e. The Morgan fingerprint density at radius 3 is 2.35 bits per heavy atom. The van der Waals surface area contributed by atoms with Crippen molar-refractivity contribution in [2.24, 2.45) is 0 Å². The minimum Gasteiger partial charge on any atom is -0.489 e. The van der Waals surface area contributed by atoms with Gasteiger partial charge in [0.2, 0.25) is 0 Å². The van der Waals surface area contributed by atoms with Gasteiger partial charge < -0.3 is 10.5 Å². The van der Waals surface area contributed by atoms with Crippen LogP contribution in [0.1, 0.15) is 5.56 Å². The van der Waals surface area contributed by atoms with Gasteiger partial charge in [-0.05, 0) is 17.7 Å². The number of rotatable bonds is 4. The summed E-state index contributed by atoms with van der Waals surface area (Å²) in [6, 6.07) is 6.91. The van der Waals surface area contributed by atoms with Gasteiger partial charge in [0.05, 0.1) is 4.92 Å². The van der Waals surface area contributed by atoms with Crippen molar-refractivity contribution < 1.29 is 18.4 Å². The molecule has 2 N–H and O–H groups in total.